The molecule has 92 valence electrons. The van der Waals surface area contributed by atoms with Crippen LogP contribution < -0.4 is 10.2 Å². The van der Waals surface area contributed by atoms with Crippen molar-refractivity contribution in [2.75, 3.05) is 13.2 Å². The molecule has 0 aliphatic heterocycles. The van der Waals surface area contributed by atoms with Crippen LogP contribution in [0.2, 0.25) is 0 Å². The highest BCUT2D eigenvalue weighted by atomic mass is 32.2. The minimum Gasteiger partial charge on any atom is -0.412 e. The van der Waals surface area contributed by atoms with Crippen molar-refractivity contribution in [3.8, 4) is 0 Å². The van der Waals surface area contributed by atoms with E-state index in [1.807, 2.05) is 7.85 Å². The smallest absolute Gasteiger partial charge is 0.240 e. The van der Waals surface area contributed by atoms with Gasteiger partial charge in [0.25, 0.3) is 0 Å². The lowest BCUT2D eigenvalue weighted by Gasteiger charge is -2.04. The number of rotatable bonds is 4. The predicted molar refractivity (Wildman–Crippen MR) is 64.1 cm³/mol. The van der Waals surface area contributed by atoms with Crippen molar-refractivity contribution in [2.24, 2.45) is 0 Å². The Kier molecular flexibility index (Phi) is 8.04. The molecule has 0 fully saturated rings. The third-order valence-corrected chi connectivity index (χ3v) is 3.21. The van der Waals surface area contributed by atoms with Crippen molar-refractivity contribution in [3.05, 3.63) is 24.3 Å². The zero-order chi connectivity index (χ0) is 10.6. The van der Waals surface area contributed by atoms with Crippen LogP contribution >= 0.6 is 0 Å². The molecule has 0 aliphatic rings. The summed E-state index contributed by atoms with van der Waals surface area (Å²) in [6, 6.07) is 6.53. The van der Waals surface area contributed by atoms with Gasteiger partial charge in [-0.25, -0.2) is 13.1 Å². The summed E-state index contributed by atoms with van der Waals surface area (Å²) >= 11 is 0. The molecule has 0 radical (unpaired) electrons. The maximum Gasteiger partial charge on any atom is 0.240 e. The summed E-state index contributed by atoms with van der Waals surface area (Å²) in [6.07, 6.45) is 0. The molecule has 1 aromatic carbocycles. The number of sulfonamides is 1. The lowest BCUT2D eigenvalue weighted by molar-refractivity contribution is 0.301. The SMILES string of the molecule is Bc1ccc(S(=O)(=O)NCCO)cc1.O.O. The van der Waals surface area contributed by atoms with E-state index in [4.69, 9.17) is 5.11 Å². The Balaban J connectivity index is 0. The highest BCUT2D eigenvalue weighted by Gasteiger charge is 2.11. The highest BCUT2D eigenvalue weighted by molar-refractivity contribution is 7.89. The number of hydrogen-bond donors (Lipinski definition) is 2. The van der Waals surface area contributed by atoms with Crippen LogP contribution in [0.15, 0.2) is 29.2 Å². The van der Waals surface area contributed by atoms with Crippen LogP contribution in [-0.2, 0) is 10.0 Å². The van der Waals surface area contributed by atoms with Crippen molar-refractivity contribution in [1.29, 1.82) is 0 Å². The normalized spacial score (nSPS) is 10.1. The fraction of sp³-hybridized carbons (Fsp3) is 0.250. The molecular formula is C8H16BNO5S. The molecule has 0 spiro atoms. The Bertz CT molecular complexity index is 391. The summed E-state index contributed by atoms with van der Waals surface area (Å²) in [7, 11) is -1.56. The van der Waals surface area contributed by atoms with Gasteiger partial charge in [0.2, 0.25) is 10.0 Å². The van der Waals surface area contributed by atoms with Crippen LogP contribution in [0.4, 0.5) is 0 Å². The van der Waals surface area contributed by atoms with E-state index in [0.717, 1.165) is 5.46 Å². The second kappa shape index (κ2) is 7.36. The van der Waals surface area contributed by atoms with Crippen molar-refractivity contribution in [1.82, 2.24) is 4.72 Å². The van der Waals surface area contributed by atoms with Gasteiger partial charge < -0.3 is 16.1 Å². The standard InChI is InChI=1S/C8H12BNO3S.2H2O/c9-7-1-3-8(4-2-7)14(12,13)10-5-6-11;;/h1-4,10-11H,5-6,9H2;2*1H2. The first-order valence-electron chi connectivity index (χ1n) is 4.23. The number of nitrogens with one attached hydrogen (secondary N) is 1. The van der Waals surface area contributed by atoms with Crippen LogP contribution in [0.3, 0.4) is 0 Å². The molecular weight excluding hydrogens is 233 g/mol. The Labute approximate surface area is 95.4 Å². The van der Waals surface area contributed by atoms with Gasteiger partial charge in [-0.15, -0.1) is 0 Å². The van der Waals surface area contributed by atoms with E-state index in [-0.39, 0.29) is 29.0 Å². The van der Waals surface area contributed by atoms with Crippen LogP contribution in [0.25, 0.3) is 0 Å². The van der Waals surface area contributed by atoms with Gasteiger partial charge in [-0.05, 0) is 12.1 Å². The topological polar surface area (TPSA) is 129 Å². The van der Waals surface area contributed by atoms with Crippen LogP contribution in [0, 0.1) is 0 Å². The molecule has 0 saturated heterocycles. The highest BCUT2D eigenvalue weighted by Crippen LogP contribution is 2.05. The fourth-order valence-corrected chi connectivity index (χ4v) is 2.00. The summed E-state index contributed by atoms with van der Waals surface area (Å²) in [6.45, 7) is -0.165. The lowest BCUT2D eigenvalue weighted by atomic mass is 9.97. The van der Waals surface area contributed by atoms with Crippen molar-refractivity contribution in [3.63, 3.8) is 0 Å². The third-order valence-electron chi connectivity index (χ3n) is 1.74. The van der Waals surface area contributed by atoms with Gasteiger partial charge >= 0.3 is 0 Å². The average molecular weight is 249 g/mol. The van der Waals surface area contributed by atoms with Gasteiger partial charge in [0.05, 0.1) is 11.5 Å². The number of hydrogen-bond acceptors (Lipinski definition) is 3. The van der Waals surface area contributed by atoms with E-state index < -0.39 is 10.0 Å². The van der Waals surface area contributed by atoms with Gasteiger partial charge in [-0.3, -0.25) is 0 Å². The van der Waals surface area contributed by atoms with E-state index in [2.05, 4.69) is 4.72 Å². The first-order valence-corrected chi connectivity index (χ1v) is 5.72. The van der Waals surface area contributed by atoms with Crippen molar-refractivity contribution >= 4 is 23.3 Å². The summed E-state index contributed by atoms with van der Waals surface area (Å²) in [5.74, 6) is 0. The first kappa shape index (κ1) is 17.5. The van der Waals surface area contributed by atoms with E-state index >= 15 is 0 Å². The van der Waals surface area contributed by atoms with Gasteiger partial charge in [-0.1, -0.05) is 17.6 Å². The summed E-state index contributed by atoms with van der Waals surface area (Å²) in [4.78, 5) is 0.219. The number of aliphatic hydroxyl groups is 1. The second-order valence-electron chi connectivity index (χ2n) is 2.93. The molecule has 6 N–H and O–H groups in total. The third kappa shape index (κ3) is 4.73. The van der Waals surface area contributed by atoms with Crippen molar-refractivity contribution in [2.45, 2.75) is 4.90 Å². The van der Waals surface area contributed by atoms with Crippen molar-refractivity contribution < 1.29 is 24.5 Å². The Hall–Kier alpha value is -0.925. The maximum atomic E-state index is 11.5. The molecule has 8 heteroatoms. The Morgan fingerprint density at radius 2 is 1.69 bits per heavy atom. The van der Waals surface area contributed by atoms with Crippen LogP contribution in [0.1, 0.15) is 0 Å². The van der Waals surface area contributed by atoms with E-state index in [1.54, 1.807) is 12.1 Å². The van der Waals surface area contributed by atoms with Crippen LogP contribution in [0.5, 0.6) is 0 Å². The predicted octanol–water partition coefficient (Wildman–Crippen LogP) is -3.43. The summed E-state index contributed by atoms with van der Waals surface area (Å²) in [5, 5.41) is 8.49. The minimum absolute atomic E-state index is 0. The quantitative estimate of drug-likeness (QED) is 0.538. The molecule has 0 aliphatic carbocycles. The molecule has 0 atom stereocenters. The van der Waals surface area contributed by atoms with E-state index in [9.17, 15) is 8.42 Å². The zero-order valence-electron chi connectivity index (χ0n) is 8.90. The fourth-order valence-electron chi connectivity index (χ4n) is 0.981. The molecule has 0 amide bonds. The molecule has 0 aromatic heterocycles. The summed E-state index contributed by atoms with van der Waals surface area (Å²) in [5.41, 5.74) is 1.01. The zero-order valence-corrected chi connectivity index (χ0v) is 9.71. The van der Waals surface area contributed by atoms with Gasteiger partial charge in [0, 0.05) is 6.54 Å². The van der Waals surface area contributed by atoms with Crippen LogP contribution in [-0.4, -0.2) is 45.5 Å². The maximum absolute atomic E-state index is 11.5. The molecule has 0 heterocycles. The Morgan fingerprint density at radius 3 is 2.12 bits per heavy atom. The molecule has 0 saturated carbocycles. The first-order chi connectivity index (χ1) is 6.56. The summed E-state index contributed by atoms with van der Waals surface area (Å²) < 4.78 is 25.2. The van der Waals surface area contributed by atoms with Gasteiger partial charge in [-0.2, -0.15) is 0 Å². The molecule has 6 nitrogen and oxygen atoms in total. The number of aliphatic hydroxyl groups excluding tert-OH is 1. The monoisotopic (exact) mass is 249 g/mol. The molecule has 1 aromatic rings. The molecule has 1 rings (SSSR count). The van der Waals surface area contributed by atoms with Gasteiger partial charge in [0.15, 0.2) is 0 Å². The van der Waals surface area contributed by atoms with E-state index in [1.165, 1.54) is 12.1 Å². The van der Waals surface area contributed by atoms with Gasteiger partial charge in [0.1, 0.15) is 7.85 Å². The molecule has 0 unspecified atom stereocenters. The van der Waals surface area contributed by atoms with E-state index in [0.29, 0.717) is 0 Å². The minimum atomic E-state index is -3.45. The Morgan fingerprint density at radius 1 is 1.19 bits per heavy atom. The molecule has 0 bridgehead atoms. The number of benzene rings is 1. The average Bonchev–Trinajstić information content (AvgIpc) is 2.16. The largest absolute Gasteiger partial charge is 0.412 e. The second-order valence-corrected chi connectivity index (χ2v) is 4.70. The molecule has 16 heavy (non-hydrogen) atoms. The lowest BCUT2D eigenvalue weighted by Crippen LogP contribution is -2.26.